The number of hydrogen-bond donors (Lipinski definition) is 5. The van der Waals surface area contributed by atoms with Crippen LogP contribution in [0.3, 0.4) is 0 Å². The number of fused-ring (bicyclic) bond motifs is 1. The van der Waals surface area contributed by atoms with Gasteiger partial charge in [0.2, 0.25) is 0 Å². The predicted octanol–water partition coefficient (Wildman–Crippen LogP) is 3.51. The van der Waals surface area contributed by atoms with Gasteiger partial charge >= 0.3 is 0 Å². The highest BCUT2D eigenvalue weighted by atomic mass is 35.5. The molecule has 1 fully saturated rings. The Morgan fingerprint density at radius 2 is 1.89 bits per heavy atom. The van der Waals surface area contributed by atoms with Crippen molar-refractivity contribution in [1.29, 1.82) is 0 Å². The first-order valence-electron chi connectivity index (χ1n) is 11.7. The summed E-state index contributed by atoms with van der Waals surface area (Å²) in [6.45, 7) is -0.250. The maximum absolute atomic E-state index is 9.65. The molecular weight excluding hydrogens is 496 g/mol. The molecule has 7 N–H and O–H groups in total. The fraction of sp³-hybridized carbons (Fsp3) is 0.280. The third kappa shape index (κ3) is 6.01. The number of halogens is 1. The summed E-state index contributed by atoms with van der Waals surface area (Å²) in [6, 6.07) is 7.19. The van der Waals surface area contributed by atoms with Crippen LogP contribution in [0.15, 0.2) is 54.0 Å². The Kier molecular flexibility index (Phi) is 7.95. The van der Waals surface area contributed by atoms with Gasteiger partial charge in [0.05, 0.1) is 39.9 Å². The molecule has 0 atom stereocenters. The number of aliphatic imine (C=N–C) groups is 1. The van der Waals surface area contributed by atoms with E-state index >= 15 is 0 Å². The maximum Gasteiger partial charge on any atom is 0.290 e. The van der Waals surface area contributed by atoms with E-state index in [1.165, 1.54) is 12.1 Å². The lowest BCUT2D eigenvalue weighted by atomic mass is 9.91. The first kappa shape index (κ1) is 26.0. The van der Waals surface area contributed by atoms with Crippen molar-refractivity contribution < 1.29 is 15.0 Å². The zero-order chi connectivity index (χ0) is 26.5. The fourth-order valence-electron chi connectivity index (χ4n) is 4.37. The molecule has 12 heteroatoms. The summed E-state index contributed by atoms with van der Waals surface area (Å²) >= 11 is 6.26. The standard InChI is InChI=1S/C24H27ClN8O.CH2O2/c1-32-12-15(10-28-32)14-8-22-23(30-17-4-2-16(26)3-5-17)19(11-29-33(22)13-14)24(27)31-21-7-6-18(34)9-20(21)25;2-1-3/h6-13,16-17,30,34H,2-5,26H2,1H3,(H2,27,31);1H,(H,2,3)/t16-,17-;. The van der Waals surface area contributed by atoms with Crippen molar-refractivity contribution in [2.24, 2.45) is 23.5 Å². The number of nitrogens with zero attached hydrogens (tertiary/aromatic N) is 5. The van der Waals surface area contributed by atoms with E-state index in [9.17, 15) is 5.11 Å². The minimum absolute atomic E-state index is 0.0691. The molecule has 1 aliphatic carbocycles. The lowest BCUT2D eigenvalue weighted by molar-refractivity contribution is -0.122. The van der Waals surface area contributed by atoms with Crippen LogP contribution < -0.4 is 16.8 Å². The number of carboxylic acid groups (broad SMARTS) is 1. The minimum atomic E-state index is -0.250. The molecule has 4 aromatic rings. The Balaban J connectivity index is 0.00000102. The van der Waals surface area contributed by atoms with Gasteiger partial charge in [-0.3, -0.25) is 9.48 Å². The number of hydrogen-bond acceptors (Lipinski definition) is 7. The Hall–Kier alpha value is -4.09. The number of rotatable bonds is 5. The van der Waals surface area contributed by atoms with E-state index in [-0.39, 0.29) is 30.1 Å². The molecule has 0 aliphatic heterocycles. The average molecular weight is 525 g/mol. The van der Waals surface area contributed by atoms with Gasteiger partial charge in [-0.25, -0.2) is 9.51 Å². The molecule has 194 valence electrons. The van der Waals surface area contributed by atoms with Crippen molar-refractivity contribution in [2.75, 3.05) is 5.32 Å². The van der Waals surface area contributed by atoms with Crippen LogP contribution in [0.25, 0.3) is 16.6 Å². The van der Waals surface area contributed by atoms with Gasteiger partial charge in [-0.1, -0.05) is 11.6 Å². The SMILES string of the molecule is Cn1cc(-c2cc3c(N[C@H]4CC[C@H](N)CC4)c(/C(N)=N/c4ccc(O)cc4Cl)cnn3c2)cn1.O=CO. The number of benzene rings is 1. The van der Waals surface area contributed by atoms with E-state index in [0.29, 0.717) is 16.3 Å². The summed E-state index contributed by atoms with van der Waals surface area (Å²) in [5, 5.41) is 29.4. The Morgan fingerprint density at radius 3 is 2.54 bits per heavy atom. The van der Waals surface area contributed by atoms with Crippen LogP contribution in [0.4, 0.5) is 11.4 Å². The quantitative estimate of drug-likeness (QED) is 0.150. The molecule has 5 rings (SSSR count). The molecular formula is C25H29ClN8O3. The van der Waals surface area contributed by atoms with Crippen LogP contribution in [0.1, 0.15) is 31.2 Å². The van der Waals surface area contributed by atoms with Gasteiger partial charge in [0, 0.05) is 48.7 Å². The molecule has 0 radical (unpaired) electrons. The molecule has 3 heterocycles. The number of nitrogens with one attached hydrogen (secondary N) is 1. The van der Waals surface area contributed by atoms with Crippen molar-refractivity contribution >= 4 is 40.8 Å². The average Bonchev–Trinajstić information content (AvgIpc) is 3.49. The summed E-state index contributed by atoms with van der Waals surface area (Å²) in [6.07, 6.45) is 11.4. The van der Waals surface area contributed by atoms with Crippen LogP contribution in [0, 0.1) is 0 Å². The summed E-state index contributed by atoms with van der Waals surface area (Å²) in [7, 11) is 1.89. The van der Waals surface area contributed by atoms with Gasteiger partial charge < -0.3 is 27.0 Å². The van der Waals surface area contributed by atoms with E-state index in [1.807, 2.05) is 30.2 Å². The molecule has 1 aliphatic rings. The number of aromatic hydroxyl groups is 1. The van der Waals surface area contributed by atoms with Crippen molar-refractivity contribution in [3.63, 3.8) is 0 Å². The highest BCUT2D eigenvalue weighted by Gasteiger charge is 2.22. The largest absolute Gasteiger partial charge is 0.508 e. The highest BCUT2D eigenvalue weighted by molar-refractivity contribution is 6.33. The second-order valence-electron chi connectivity index (χ2n) is 8.89. The summed E-state index contributed by atoms with van der Waals surface area (Å²) in [5.41, 5.74) is 17.5. The van der Waals surface area contributed by atoms with Gasteiger partial charge in [-0.15, -0.1) is 0 Å². The van der Waals surface area contributed by atoms with Crippen molar-refractivity contribution in [3.8, 4) is 16.9 Å². The molecule has 0 saturated heterocycles. The molecule has 1 saturated carbocycles. The molecule has 0 unspecified atom stereocenters. The highest BCUT2D eigenvalue weighted by Crippen LogP contribution is 2.33. The summed E-state index contributed by atoms with van der Waals surface area (Å²) in [5.74, 6) is 0.348. The van der Waals surface area contributed by atoms with Gasteiger partial charge in [0.15, 0.2) is 0 Å². The monoisotopic (exact) mass is 524 g/mol. The van der Waals surface area contributed by atoms with Gasteiger partial charge in [-0.2, -0.15) is 10.2 Å². The van der Waals surface area contributed by atoms with Gasteiger partial charge in [0.25, 0.3) is 6.47 Å². The first-order valence-corrected chi connectivity index (χ1v) is 12.1. The lowest BCUT2D eigenvalue weighted by Gasteiger charge is -2.28. The van der Waals surface area contributed by atoms with E-state index in [2.05, 4.69) is 26.6 Å². The lowest BCUT2D eigenvalue weighted by Crippen LogP contribution is -2.33. The van der Waals surface area contributed by atoms with Crippen molar-refractivity contribution in [1.82, 2.24) is 19.4 Å². The molecule has 0 spiro atoms. The molecule has 11 nitrogen and oxygen atoms in total. The van der Waals surface area contributed by atoms with E-state index in [4.69, 9.17) is 33.0 Å². The normalized spacial score (nSPS) is 17.8. The maximum atomic E-state index is 9.65. The van der Waals surface area contributed by atoms with Gasteiger partial charge in [0.1, 0.15) is 11.6 Å². The van der Waals surface area contributed by atoms with Crippen LogP contribution in [0.2, 0.25) is 5.02 Å². The third-order valence-electron chi connectivity index (χ3n) is 6.24. The number of phenols is 1. The zero-order valence-corrected chi connectivity index (χ0v) is 21.0. The molecule has 1 aromatic carbocycles. The van der Waals surface area contributed by atoms with Crippen LogP contribution in [-0.4, -0.2) is 54.0 Å². The zero-order valence-electron chi connectivity index (χ0n) is 20.3. The second-order valence-corrected chi connectivity index (χ2v) is 9.30. The Labute approximate surface area is 218 Å². The minimum Gasteiger partial charge on any atom is -0.508 e. The Morgan fingerprint density at radius 1 is 1.16 bits per heavy atom. The number of aryl methyl sites for hydroxylation is 1. The van der Waals surface area contributed by atoms with Crippen LogP contribution in [-0.2, 0) is 11.8 Å². The van der Waals surface area contributed by atoms with Crippen molar-refractivity contribution in [2.45, 2.75) is 37.8 Å². The summed E-state index contributed by atoms with van der Waals surface area (Å²) in [4.78, 5) is 12.9. The number of aromatic nitrogens is 4. The number of nitrogens with two attached hydrogens (primary N) is 2. The van der Waals surface area contributed by atoms with E-state index < -0.39 is 0 Å². The predicted molar refractivity (Wildman–Crippen MR) is 143 cm³/mol. The third-order valence-corrected chi connectivity index (χ3v) is 6.55. The number of phenolic OH excluding ortho intramolecular Hbond substituents is 1. The van der Waals surface area contributed by atoms with Crippen LogP contribution in [0.5, 0.6) is 5.75 Å². The second kappa shape index (κ2) is 11.3. The fourth-order valence-corrected chi connectivity index (χ4v) is 4.59. The van der Waals surface area contributed by atoms with Crippen LogP contribution >= 0.6 is 11.6 Å². The smallest absolute Gasteiger partial charge is 0.290 e. The Bertz CT molecular complexity index is 1420. The molecule has 37 heavy (non-hydrogen) atoms. The number of anilines is 1. The molecule has 0 bridgehead atoms. The molecule has 0 amide bonds. The first-order chi connectivity index (χ1) is 17.8. The topological polar surface area (TPSA) is 169 Å². The molecule has 3 aromatic heterocycles. The van der Waals surface area contributed by atoms with Gasteiger partial charge in [-0.05, 0) is 43.9 Å². The number of carbonyl (C=O) groups is 1. The van der Waals surface area contributed by atoms with Crippen molar-refractivity contribution in [3.05, 3.63) is 59.6 Å². The summed E-state index contributed by atoms with van der Waals surface area (Å²) < 4.78 is 3.61. The van der Waals surface area contributed by atoms with E-state index in [0.717, 1.165) is 48.0 Å². The van der Waals surface area contributed by atoms with E-state index in [1.54, 1.807) is 16.9 Å². The number of amidine groups is 1.